The van der Waals surface area contributed by atoms with E-state index >= 15 is 0 Å². The van der Waals surface area contributed by atoms with E-state index in [0.717, 1.165) is 6.08 Å². The maximum Gasteiger partial charge on any atom is 0.332 e. The Morgan fingerprint density at radius 3 is 2.55 bits per heavy atom. The van der Waals surface area contributed by atoms with Crippen molar-refractivity contribution in [2.45, 2.75) is 26.3 Å². The number of esters is 1. The molecule has 0 aliphatic heterocycles. The first-order valence-corrected chi connectivity index (χ1v) is 6.33. The molecule has 0 bridgehead atoms. The molecule has 0 saturated carbocycles. The predicted molar refractivity (Wildman–Crippen MR) is 45.7 cm³/mol. The molecule has 0 saturated heterocycles. The molecule has 0 rings (SSSR count). The minimum atomic E-state index is -1.11. The summed E-state index contributed by atoms with van der Waals surface area (Å²) in [6.45, 7) is 9.00. The summed E-state index contributed by atoms with van der Waals surface area (Å²) < 4.78 is 10.0. The van der Waals surface area contributed by atoms with Crippen LogP contribution in [-0.2, 0) is 14.0 Å². The molecule has 11 heavy (non-hydrogen) atoms. The largest absolute Gasteiger partial charge is 0.434 e. The molecule has 0 aromatic carbocycles. The summed E-state index contributed by atoms with van der Waals surface area (Å²) in [4.78, 5) is 10.6. The summed E-state index contributed by atoms with van der Waals surface area (Å²) in [5.41, 5.74) is 0. The third-order valence-electron chi connectivity index (χ3n) is 0.913. The van der Waals surface area contributed by atoms with Crippen molar-refractivity contribution in [2.24, 2.45) is 0 Å². The number of ether oxygens (including phenoxy) is 1. The van der Waals surface area contributed by atoms with Crippen LogP contribution in [-0.4, -0.2) is 21.3 Å². The Morgan fingerprint density at radius 1 is 1.64 bits per heavy atom. The zero-order valence-electron chi connectivity index (χ0n) is 7.16. The molecular formula is C7H14O3Si. The van der Waals surface area contributed by atoms with Crippen molar-refractivity contribution in [3.05, 3.63) is 12.7 Å². The van der Waals surface area contributed by atoms with Gasteiger partial charge in [-0.05, 0) is 20.0 Å². The first kappa shape index (κ1) is 10.4. The Balaban J connectivity index is 3.59. The van der Waals surface area contributed by atoms with Crippen molar-refractivity contribution in [1.29, 1.82) is 0 Å². The van der Waals surface area contributed by atoms with Gasteiger partial charge in [0.2, 0.25) is 0 Å². The van der Waals surface area contributed by atoms with Crippen molar-refractivity contribution in [1.82, 2.24) is 0 Å². The highest BCUT2D eigenvalue weighted by atomic mass is 28.3. The van der Waals surface area contributed by atoms with Crippen LogP contribution in [0.2, 0.25) is 13.1 Å². The lowest BCUT2D eigenvalue weighted by Gasteiger charge is -2.14. The fourth-order valence-corrected chi connectivity index (χ4v) is 1.44. The van der Waals surface area contributed by atoms with E-state index in [1.54, 1.807) is 6.92 Å². The zero-order valence-corrected chi connectivity index (χ0v) is 8.32. The molecule has 0 heterocycles. The lowest BCUT2D eigenvalue weighted by atomic mass is 10.6. The average molecular weight is 174 g/mol. The molecule has 64 valence electrons. The number of hydrogen-bond acceptors (Lipinski definition) is 3. The smallest absolute Gasteiger partial charge is 0.332 e. The van der Waals surface area contributed by atoms with E-state index in [0.29, 0.717) is 0 Å². The number of carbonyl (C=O) groups excluding carboxylic acids is 1. The summed E-state index contributed by atoms with van der Waals surface area (Å²) in [5.74, 6) is -0.438. The first-order chi connectivity index (χ1) is 5.06. The molecule has 4 heteroatoms. The number of carbonyl (C=O) groups is 1. The van der Waals surface area contributed by atoms with Crippen LogP contribution in [0, 0.1) is 0 Å². The lowest BCUT2D eigenvalue weighted by molar-refractivity contribution is -0.155. The van der Waals surface area contributed by atoms with Crippen LogP contribution < -0.4 is 0 Å². The molecule has 0 aromatic heterocycles. The molecular weight excluding hydrogens is 160 g/mol. The molecule has 0 amide bonds. The summed E-state index contributed by atoms with van der Waals surface area (Å²) in [6.07, 6.45) is 0.689. The third kappa shape index (κ3) is 5.81. The fraction of sp³-hybridized carbons (Fsp3) is 0.571. The van der Waals surface area contributed by atoms with E-state index < -0.39 is 21.3 Å². The SMILES string of the molecule is C=CC(=O)OC(C)O[SiH](C)C. The topological polar surface area (TPSA) is 35.5 Å². The van der Waals surface area contributed by atoms with Gasteiger partial charge in [-0.1, -0.05) is 6.58 Å². The van der Waals surface area contributed by atoms with Crippen molar-refractivity contribution in [3.63, 3.8) is 0 Å². The second-order valence-electron chi connectivity index (χ2n) is 2.39. The average Bonchev–Trinajstić information content (AvgIpc) is 1.85. The predicted octanol–water partition coefficient (Wildman–Crippen LogP) is 1.06. The van der Waals surface area contributed by atoms with E-state index in [-0.39, 0.29) is 0 Å². The highest BCUT2D eigenvalue weighted by Crippen LogP contribution is 1.97. The van der Waals surface area contributed by atoms with Crippen LogP contribution in [0.15, 0.2) is 12.7 Å². The van der Waals surface area contributed by atoms with Gasteiger partial charge in [0.05, 0.1) is 0 Å². The molecule has 0 N–H and O–H groups in total. The minimum Gasteiger partial charge on any atom is -0.434 e. The molecule has 0 aliphatic rings. The number of hydrogen-bond donors (Lipinski definition) is 0. The van der Waals surface area contributed by atoms with Crippen LogP contribution in [0.3, 0.4) is 0 Å². The summed E-state index contributed by atoms with van der Waals surface area (Å²) >= 11 is 0. The molecule has 0 aliphatic carbocycles. The second kappa shape index (κ2) is 5.09. The molecule has 1 unspecified atom stereocenters. The van der Waals surface area contributed by atoms with Crippen molar-refractivity contribution in [2.75, 3.05) is 0 Å². The summed E-state index contributed by atoms with van der Waals surface area (Å²) in [5, 5.41) is 0. The van der Waals surface area contributed by atoms with Crippen molar-refractivity contribution < 1.29 is 14.0 Å². The fourth-order valence-electron chi connectivity index (χ4n) is 0.623. The van der Waals surface area contributed by atoms with Gasteiger partial charge in [-0.3, -0.25) is 0 Å². The van der Waals surface area contributed by atoms with Crippen LogP contribution in [0.5, 0.6) is 0 Å². The van der Waals surface area contributed by atoms with E-state index in [1.807, 2.05) is 13.1 Å². The molecule has 0 radical (unpaired) electrons. The zero-order chi connectivity index (χ0) is 8.85. The van der Waals surface area contributed by atoms with E-state index in [1.165, 1.54) is 0 Å². The van der Waals surface area contributed by atoms with Crippen LogP contribution >= 0.6 is 0 Å². The van der Waals surface area contributed by atoms with Gasteiger partial charge in [0.25, 0.3) is 0 Å². The van der Waals surface area contributed by atoms with Gasteiger partial charge in [-0.15, -0.1) is 0 Å². The lowest BCUT2D eigenvalue weighted by Crippen LogP contribution is -2.22. The molecule has 1 atom stereocenters. The normalized spacial score (nSPS) is 12.7. The summed E-state index contributed by atoms with van der Waals surface area (Å²) in [6, 6.07) is 0. The van der Waals surface area contributed by atoms with Crippen LogP contribution in [0.25, 0.3) is 0 Å². The molecule has 0 aromatic rings. The minimum absolute atomic E-state index is 0.438. The van der Waals surface area contributed by atoms with Gasteiger partial charge >= 0.3 is 5.97 Å². The Labute approximate surface area is 68.7 Å². The Kier molecular flexibility index (Phi) is 4.81. The van der Waals surface area contributed by atoms with Gasteiger partial charge in [0, 0.05) is 6.08 Å². The summed E-state index contributed by atoms with van der Waals surface area (Å²) in [7, 11) is -1.11. The van der Waals surface area contributed by atoms with Gasteiger partial charge in [0.1, 0.15) is 0 Å². The molecule has 0 spiro atoms. The first-order valence-electron chi connectivity index (χ1n) is 3.54. The monoisotopic (exact) mass is 174 g/mol. The highest BCUT2D eigenvalue weighted by molar-refractivity contribution is 6.48. The van der Waals surface area contributed by atoms with Gasteiger partial charge < -0.3 is 9.16 Å². The van der Waals surface area contributed by atoms with Gasteiger partial charge in [0.15, 0.2) is 15.3 Å². The third-order valence-corrected chi connectivity index (χ3v) is 1.84. The van der Waals surface area contributed by atoms with E-state index in [4.69, 9.17) is 9.16 Å². The van der Waals surface area contributed by atoms with Crippen LogP contribution in [0.4, 0.5) is 0 Å². The van der Waals surface area contributed by atoms with Crippen molar-refractivity contribution >= 4 is 15.0 Å². The van der Waals surface area contributed by atoms with Gasteiger partial charge in [-0.25, -0.2) is 4.79 Å². The Hall–Kier alpha value is -0.613. The number of rotatable bonds is 4. The molecule has 0 fully saturated rings. The highest BCUT2D eigenvalue weighted by Gasteiger charge is 2.07. The van der Waals surface area contributed by atoms with Crippen molar-refractivity contribution in [3.8, 4) is 0 Å². The maximum absolute atomic E-state index is 10.6. The van der Waals surface area contributed by atoms with E-state index in [9.17, 15) is 4.79 Å². The molecule has 3 nitrogen and oxygen atoms in total. The standard InChI is InChI=1S/C7H14O3Si/c1-5-7(8)9-6(2)10-11(3)4/h5-6,11H,1H2,2-4H3. The van der Waals surface area contributed by atoms with Gasteiger partial charge in [-0.2, -0.15) is 0 Å². The second-order valence-corrected chi connectivity index (χ2v) is 4.76. The Bertz CT molecular complexity index is 145. The van der Waals surface area contributed by atoms with Crippen LogP contribution in [0.1, 0.15) is 6.92 Å². The maximum atomic E-state index is 10.6. The Morgan fingerprint density at radius 2 is 2.18 bits per heavy atom. The quantitative estimate of drug-likeness (QED) is 0.277. The van der Waals surface area contributed by atoms with E-state index in [2.05, 4.69) is 6.58 Å².